The molecule has 1 aromatic heterocycles. The molecule has 3 nitrogen and oxygen atoms in total. The van der Waals surface area contributed by atoms with Gasteiger partial charge in [0.15, 0.2) is 0 Å². The number of halogens is 1. The van der Waals surface area contributed by atoms with E-state index in [0.717, 1.165) is 24.2 Å². The van der Waals surface area contributed by atoms with E-state index in [9.17, 15) is 4.39 Å². The fourth-order valence-corrected chi connectivity index (χ4v) is 2.42. The maximum Gasteiger partial charge on any atom is 0.141 e. The lowest BCUT2D eigenvalue weighted by molar-refractivity contribution is 0.304. The van der Waals surface area contributed by atoms with Crippen LogP contribution in [0.15, 0.2) is 36.7 Å². The number of hydrogen-bond acceptors (Lipinski definition) is 3. The Morgan fingerprint density at radius 1 is 1.32 bits per heavy atom. The fourth-order valence-electron chi connectivity index (χ4n) is 2.42. The predicted molar refractivity (Wildman–Crippen MR) is 70.2 cm³/mol. The summed E-state index contributed by atoms with van der Waals surface area (Å²) in [5.41, 5.74) is 9.17. The van der Waals surface area contributed by atoms with Crippen LogP contribution in [-0.2, 0) is 13.0 Å². The predicted octanol–water partition coefficient (Wildman–Crippen LogP) is 2.75. The second-order valence-corrected chi connectivity index (χ2v) is 4.81. The first-order chi connectivity index (χ1) is 9.22. The summed E-state index contributed by atoms with van der Waals surface area (Å²) < 4.78 is 18.6. The Labute approximate surface area is 111 Å². The van der Waals surface area contributed by atoms with Crippen molar-refractivity contribution in [3.05, 3.63) is 59.2 Å². The molecule has 3 rings (SSSR count). The van der Waals surface area contributed by atoms with E-state index < -0.39 is 0 Å². The Balaban J connectivity index is 1.71. The molecule has 0 fully saturated rings. The minimum Gasteiger partial charge on any atom is -0.489 e. The summed E-state index contributed by atoms with van der Waals surface area (Å²) in [5.74, 6) is 0.443. The number of aromatic nitrogens is 1. The van der Waals surface area contributed by atoms with Gasteiger partial charge in [-0.05, 0) is 42.2 Å². The molecule has 4 heteroatoms. The SMILES string of the molecule is NC1CCc2cc(OCc3cncc(F)c3)ccc21. The fraction of sp³-hybridized carbons (Fsp3) is 0.267. The summed E-state index contributed by atoms with van der Waals surface area (Å²) in [6.45, 7) is 0.315. The topological polar surface area (TPSA) is 48.1 Å². The van der Waals surface area contributed by atoms with Crippen molar-refractivity contribution in [3.8, 4) is 5.75 Å². The van der Waals surface area contributed by atoms with Gasteiger partial charge in [0.25, 0.3) is 0 Å². The maximum atomic E-state index is 13.0. The zero-order valence-electron chi connectivity index (χ0n) is 10.5. The first-order valence-electron chi connectivity index (χ1n) is 6.33. The molecular weight excluding hydrogens is 243 g/mol. The molecule has 0 bridgehead atoms. The van der Waals surface area contributed by atoms with E-state index in [-0.39, 0.29) is 11.9 Å². The molecule has 1 unspecified atom stereocenters. The smallest absolute Gasteiger partial charge is 0.141 e. The number of rotatable bonds is 3. The number of aryl methyl sites for hydroxylation is 1. The van der Waals surface area contributed by atoms with Crippen LogP contribution in [0.2, 0.25) is 0 Å². The molecule has 1 aromatic carbocycles. The van der Waals surface area contributed by atoms with E-state index >= 15 is 0 Å². The molecule has 0 saturated heterocycles. The number of hydrogen-bond donors (Lipinski definition) is 1. The molecular formula is C15H15FN2O. The second-order valence-electron chi connectivity index (χ2n) is 4.81. The summed E-state index contributed by atoms with van der Waals surface area (Å²) >= 11 is 0. The van der Waals surface area contributed by atoms with Crippen LogP contribution in [-0.4, -0.2) is 4.98 Å². The molecule has 1 aliphatic rings. The largest absolute Gasteiger partial charge is 0.489 e. The lowest BCUT2D eigenvalue weighted by Gasteiger charge is -2.09. The average Bonchev–Trinajstić information content (AvgIpc) is 2.78. The van der Waals surface area contributed by atoms with Crippen LogP contribution in [0.4, 0.5) is 4.39 Å². The van der Waals surface area contributed by atoms with Crippen LogP contribution in [0.25, 0.3) is 0 Å². The molecule has 1 heterocycles. The van der Waals surface area contributed by atoms with Gasteiger partial charge in [0, 0.05) is 17.8 Å². The van der Waals surface area contributed by atoms with Gasteiger partial charge >= 0.3 is 0 Å². The van der Waals surface area contributed by atoms with E-state index in [4.69, 9.17) is 10.5 Å². The lowest BCUT2D eigenvalue weighted by atomic mass is 10.1. The van der Waals surface area contributed by atoms with Crippen molar-refractivity contribution >= 4 is 0 Å². The van der Waals surface area contributed by atoms with Crippen molar-refractivity contribution in [3.63, 3.8) is 0 Å². The highest BCUT2D eigenvalue weighted by Crippen LogP contribution is 2.31. The van der Waals surface area contributed by atoms with Gasteiger partial charge < -0.3 is 10.5 Å². The number of pyridine rings is 1. The van der Waals surface area contributed by atoms with Gasteiger partial charge in [-0.1, -0.05) is 6.07 Å². The first-order valence-corrected chi connectivity index (χ1v) is 6.33. The van der Waals surface area contributed by atoms with Gasteiger partial charge in [-0.3, -0.25) is 4.98 Å². The van der Waals surface area contributed by atoms with Gasteiger partial charge in [0.2, 0.25) is 0 Å². The van der Waals surface area contributed by atoms with Gasteiger partial charge in [0.1, 0.15) is 18.2 Å². The maximum absolute atomic E-state index is 13.0. The van der Waals surface area contributed by atoms with Crippen molar-refractivity contribution in [2.75, 3.05) is 0 Å². The van der Waals surface area contributed by atoms with Crippen molar-refractivity contribution in [1.29, 1.82) is 0 Å². The zero-order chi connectivity index (χ0) is 13.2. The summed E-state index contributed by atoms with van der Waals surface area (Å²) in [5, 5.41) is 0. The highest BCUT2D eigenvalue weighted by Gasteiger charge is 2.19. The standard InChI is InChI=1S/C15H15FN2O/c16-12-5-10(7-18-8-12)9-19-13-2-3-14-11(6-13)1-4-15(14)17/h2-3,5-8,15H,1,4,9,17H2. The second kappa shape index (κ2) is 4.97. The summed E-state index contributed by atoms with van der Waals surface area (Å²) in [6, 6.07) is 7.53. The van der Waals surface area contributed by atoms with Gasteiger partial charge in [0.05, 0.1) is 6.20 Å². The third kappa shape index (κ3) is 2.58. The van der Waals surface area contributed by atoms with Crippen LogP contribution >= 0.6 is 0 Å². The third-order valence-corrected chi connectivity index (χ3v) is 3.41. The molecule has 98 valence electrons. The van der Waals surface area contributed by atoms with E-state index in [1.54, 1.807) is 6.20 Å². The number of ether oxygens (including phenoxy) is 1. The van der Waals surface area contributed by atoms with E-state index in [0.29, 0.717) is 6.61 Å². The monoisotopic (exact) mass is 258 g/mol. The molecule has 1 aliphatic carbocycles. The molecule has 2 aromatic rings. The highest BCUT2D eigenvalue weighted by molar-refractivity contribution is 5.40. The Morgan fingerprint density at radius 3 is 3.05 bits per heavy atom. The summed E-state index contributed by atoms with van der Waals surface area (Å²) in [4.78, 5) is 3.79. The molecule has 0 amide bonds. The Morgan fingerprint density at radius 2 is 2.21 bits per heavy atom. The van der Waals surface area contributed by atoms with E-state index in [1.165, 1.54) is 23.4 Å². The molecule has 19 heavy (non-hydrogen) atoms. The molecule has 0 spiro atoms. The van der Waals surface area contributed by atoms with E-state index in [2.05, 4.69) is 4.98 Å². The Bertz CT molecular complexity index is 600. The quantitative estimate of drug-likeness (QED) is 0.920. The van der Waals surface area contributed by atoms with Gasteiger partial charge in [-0.25, -0.2) is 4.39 Å². The number of fused-ring (bicyclic) bond motifs is 1. The lowest BCUT2D eigenvalue weighted by Crippen LogP contribution is -2.05. The van der Waals surface area contributed by atoms with Crippen molar-refractivity contribution in [2.24, 2.45) is 5.73 Å². The minimum absolute atomic E-state index is 0.150. The van der Waals surface area contributed by atoms with Crippen molar-refractivity contribution in [2.45, 2.75) is 25.5 Å². The van der Waals surface area contributed by atoms with Crippen LogP contribution in [0, 0.1) is 5.82 Å². The molecule has 0 saturated carbocycles. The first kappa shape index (κ1) is 12.1. The third-order valence-electron chi connectivity index (χ3n) is 3.41. The molecule has 0 aliphatic heterocycles. The number of nitrogens with zero attached hydrogens (tertiary/aromatic N) is 1. The van der Waals surface area contributed by atoms with Crippen molar-refractivity contribution < 1.29 is 9.13 Å². The van der Waals surface area contributed by atoms with Gasteiger partial charge in [-0.2, -0.15) is 0 Å². The van der Waals surface area contributed by atoms with Crippen LogP contribution < -0.4 is 10.5 Å². The van der Waals surface area contributed by atoms with Crippen LogP contribution in [0.1, 0.15) is 29.2 Å². The minimum atomic E-state index is -0.346. The number of benzene rings is 1. The molecule has 2 N–H and O–H groups in total. The Hall–Kier alpha value is -1.94. The molecule has 0 radical (unpaired) electrons. The van der Waals surface area contributed by atoms with Crippen molar-refractivity contribution in [1.82, 2.24) is 4.98 Å². The van der Waals surface area contributed by atoms with Crippen LogP contribution in [0.3, 0.4) is 0 Å². The average molecular weight is 258 g/mol. The zero-order valence-corrected chi connectivity index (χ0v) is 10.5. The number of nitrogens with two attached hydrogens (primary N) is 1. The summed E-state index contributed by atoms with van der Waals surface area (Å²) in [6.07, 6.45) is 4.77. The normalized spacial score (nSPS) is 17.3. The summed E-state index contributed by atoms with van der Waals surface area (Å²) in [7, 11) is 0. The molecule has 1 atom stereocenters. The Kier molecular flexibility index (Phi) is 3.17. The highest BCUT2D eigenvalue weighted by atomic mass is 19.1. The van der Waals surface area contributed by atoms with Gasteiger partial charge in [-0.15, -0.1) is 0 Å². The van der Waals surface area contributed by atoms with E-state index in [1.807, 2.05) is 18.2 Å². The van der Waals surface area contributed by atoms with Crippen LogP contribution in [0.5, 0.6) is 5.75 Å².